The van der Waals surface area contributed by atoms with Crippen molar-refractivity contribution in [1.29, 1.82) is 0 Å². The van der Waals surface area contributed by atoms with Crippen LogP contribution in [-0.2, 0) is 11.2 Å². The molecule has 2 aliphatic rings. The molecule has 2 heterocycles. The summed E-state index contributed by atoms with van der Waals surface area (Å²) >= 11 is 0. The summed E-state index contributed by atoms with van der Waals surface area (Å²) in [6.07, 6.45) is -0.757. The number of ether oxygens (including phenoxy) is 3. The van der Waals surface area contributed by atoms with Gasteiger partial charge in [0, 0.05) is 6.42 Å². The molecular weight excluding hydrogens is 334 g/mol. The summed E-state index contributed by atoms with van der Waals surface area (Å²) in [5.41, 5.74) is 0.0678. The molecule has 0 saturated heterocycles. The van der Waals surface area contributed by atoms with E-state index < -0.39 is 17.7 Å². The van der Waals surface area contributed by atoms with E-state index in [9.17, 15) is 9.90 Å². The largest absolute Gasteiger partial charge is 0.491 e. The molecule has 2 aromatic carbocycles. The molecule has 4 rings (SSSR count). The zero-order valence-electron chi connectivity index (χ0n) is 14.5. The number of aliphatic hydroxyl groups is 1. The maximum atomic E-state index is 12.9. The minimum Gasteiger partial charge on any atom is -0.491 e. The fourth-order valence-corrected chi connectivity index (χ4v) is 3.38. The highest BCUT2D eigenvalue weighted by Gasteiger charge is 2.41. The molecule has 0 aromatic heterocycles. The fraction of sp³-hybridized carbons (Fsp3) is 0.350. The van der Waals surface area contributed by atoms with Gasteiger partial charge in [-0.15, -0.1) is 0 Å². The first-order valence-electron chi connectivity index (χ1n) is 8.66. The van der Waals surface area contributed by atoms with Gasteiger partial charge in [0.15, 0.2) is 11.5 Å². The van der Waals surface area contributed by atoms with Gasteiger partial charge >= 0.3 is 0 Å². The van der Waals surface area contributed by atoms with Crippen LogP contribution in [0, 0.1) is 0 Å². The van der Waals surface area contributed by atoms with Crippen LogP contribution in [0.15, 0.2) is 48.5 Å². The molecular formula is C20H21NO5. The van der Waals surface area contributed by atoms with Gasteiger partial charge < -0.3 is 24.6 Å². The van der Waals surface area contributed by atoms with E-state index in [1.165, 1.54) is 0 Å². The highest BCUT2D eigenvalue weighted by atomic mass is 16.6. The molecule has 0 fully saturated rings. The topological polar surface area (TPSA) is 77.0 Å². The van der Waals surface area contributed by atoms with Gasteiger partial charge in [-0.1, -0.05) is 30.3 Å². The molecule has 1 amide bonds. The molecule has 6 heteroatoms. The van der Waals surface area contributed by atoms with Crippen LogP contribution in [0.25, 0.3) is 0 Å². The Hall–Kier alpha value is -2.73. The van der Waals surface area contributed by atoms with Crippen LogP contribution in [0.2, 0.25) is 0 Å². The van der Waals surface area contributed by atoms with Crippen LogP contribution in [0.5, 0.6) is 17.2 Å². The number of aliphatic hydroxyl groups excluding tert-OH is 1. The highest BCUT2D eigenvalue weighted by molar-refractivity contribution is 5.83. The lowest BCUT2D eigenvalue weighted by Gasteiger charge is -2.39. The number of amides is 1. The van der Waals surface area contributed by atoms with Crippen molar-refractivity contribution in [1.82, 2.24) is 5.32 Å². The van der Waals surface area contributed by atoms with Gasteiger partial charge in [-0.05, 0) is 30.7 Å². The molecule has 6 nitrogen and oxygen atoms in total. The quantitative estimate of drug-likeness (QED) is 0.876. The van der Waals surface area contributed by atoms with Gasteiger partial charge in [-0.3, -0.25) is 4.79 Å². The number of nitrogens with one attached hydrogen (secondary N) is 1. The average molecular weight is 355 g/mol. The first-order valence-corrected chi connectivity index (χ1v) is 8.66. The van der Waals surface area contributed by atoms with Crippen molar-refractivity contribution in [2.75, 3.05) is 13.2 Å². The van der Waals surface area contributed by atoms with Crippen LogP contribution in [0.4, 0.5) is 0 Å². The van der Waals surface area contributed by atoms with E-state index in [-0.39, 0.29) is 19.1 Å². The molecule has 0 aliphatic carbocycles. The Labute approximate surface area is 151 Å². The summed E-state index contributed by atoms with van der Waals surface area (Å²) in [7, 11) is 0. The minimum atomic E-state index is -0.883. The summed E-state index contributed by atoms with van der Waals surface area (Å²) in [5, 5.41) is 12.9. The molecule has 136 valence electrons. The van der Waals surface area contributed by atoms with E-state index >= 15 is 0 Å². The van der Waals surface area contributed by atoms with Gasteiger partial charge in [-0.25, -0.2) is 0 Å². The van der Waals surface area contributed by atoms with E-state index in [0.29, 0.717) is 17.9 Å². The van der Waals surface area contributed by atoms with Crippen molar-refractivity contribution in [3.05, 3.63) is 54.1 Å². The molecule has 0 radical (unpaired) electrons. The van der Waals surface area contributed by atoms with Gasteiger partial charge in [0.05, 0.1) is 6.61 Å². The number of carbonyl (C=O) groups excluding carboxylic acids is 1. The Bertz CT molecular complexity index is 823. The number of benzene rings is 2. The van der Waals surface area contributed by atoms with Crippen molar-refractivity contribution in [2.24, 2.45) is 0 Å². The van der Waals surface area contributed by atoms with Gasteiger partial charge in [0.1, 0.15) is 24.0 Å². The van der Waals surface area contributed by atoms with Crippen LogP contribution in [0.3, 0.4) is 0 Å². The predicted octanol–water partition coefficient (Wildman–Crippen LogP) is 1.70. The Morgan fingerprint density at radius 3 is 2.50 bits per heavy atom. The second-order valence-corrected chi connectivity index (χ2v) is 6.81. The average Bonchev–Trinajstić information content (AvgIpc) is 2.67. The summed E-state index contributed by atoms with van der Waals surface area (Å²) in [6, 6.07) is 14.9. The van der Waals surface area contributed by atoms with E-state index in [0.717, 1.165) is 11.3 Å². The molecule has 0 saturated carbocycles. The zero-order valence-corrected chi connectivity index (χ0v) is 14.5. The maximum absolute atomic E-state index is 12.9. The van der Waals surface area contributed by atoms with Crippen molar-refractivity contribution >= 4 is 5.91 Å². The summed E-state index contributed by atoms with van der Waals surface area (Å²) in [4.78, 5) is 12.9. The molecule has 2 aromatic rings. The first-order chi connectivity index (χ1) is 12.6. The van der Waals surface area contributed by atoms with Gasteiger partial charge in [-0.2, -0.15) is 0 Å². The standard InChI is InChI=1S/C20H21NO5/c1-13-18(26-17-9-5-4-8-16(17)25-13)19(23)21-20(11-22)10-14-6-2-3-7-15(14)24-12-20/h2-9,13,18,22H,10-12H2,1H3,(H,21,23). The minimum absolute atomic E-state index is 0.199. The second kappa shape index (κ2) is 6.53. The normalized spacial score (nSPS) is 26.4. The van der Waals surface area contributed by atoms with Crippen LogP contribution in [0.1, 0.15) is 12.5 Å². The monoisotopic (exact) mass is 355 g/mol. The Kier molecular flexibility index (Phi) is 4.20. The Morgan fingerprint density at radius 2 is 1.77 bits per heavy atom. The third-order valence-electron chi connectivity index (χ3n) is 4.80. The lowest BCUT2D eigenvalue weighted by Crippen LogP contribution is -2.62. The van der Waals surface area contributed by atoms with Gasteiger partial charge in [0.2, 0.25) is 6.10 Å². The molecule has 0 spiro atoms. The number of hydrogen-bond donors (Lipinski definition) is 2. The number of rotatable bonds is 3. The van der Waals surface area contributed by atoms with E-state index in [1.54, 1.807) is 19.1 Å². The zero-order chi connectivity index (χ0) is 18.1. The predicted molar refractivity (Wildman–Crippen MR) is 94.5 cm³/mol. The maximum Gasteiger partial charge on any atom is 0.265 e. The van der Waals surface area contributed by atoms with Crippen molar-refractivity contribution in [3.63, 3.8) is 0 Å². The van der Waals surface area contributed by atoms with Gasteiger partial charge in [0.25, 0.3) is 5.91 Å². The van der Waals surface area contributed by atoms with Crippen LogP contribution in [-0.4, -0.2) is 42.0 Å². The number of fused-ring (bicyclic) bond motifs is 2. The van der Waals surface area contributed by atoms with E-state index in [2.05, 4.69) is 5.32 Å². The third kappa shape index (κ3) is 2.97. The summed E-state index contributed by atoms with van der Waals surface area (Å²) in [6.45, 7) is 1.76. The van der Waals surface area contributed by atoms with Crippen molar-refractivity contribution < 1.29 is 24.1 Å². The number of hydrogen-bond acceptors (Lipinski definition) is 5. The smallest absolute Gasteiger partial charge is 0.265 e. The molecule has 26 heavy (non-hydrogen) atoms. The van der Waals surface area contributed by atoms with Crippen LogP contribution < -0.4 is 19.5 Å². The fourth-order valence-electron chi connectivity index (χ4n) is 3.38. The SMILES string of the molecule is CC1Oc2ccccc2OC1C(=O)NC1(CO)COc2ccccc2C1. The Balaban J connectivity index is 1.52. The Morgan fingerprint density at radius 1 is 1.12 bits per heavy atom. The lowest BCUT2D eigenvalue weighted by atomic mass is 9.89. The second-order valence-electron chi connectivity index (χ2n) is 6.81. The summed E-state index contributed by atoms with van der Waals surface area (Å²) in [5.74, 6) is 1.61. The number of carbonyl (C=O) groups is 1. The lowest BCUT2D eigenvalue weighted by molar-refractivity contribution is -0.136. The van der Waals surface area contributed by atoms with E-state index in [1.807, 2.05) is 36.4 Å². The van der Waals surface area contributed by atoms with Crippen molar-refractivity contribution in [2.45, 2.75) is 31.1 Å². The third-order valence-corrected chi connectivity index (χ3v) is 4.80. The molecule has 2 aliphatic heterocycles. The van der Waals surface area contributed by atoms with Crippen LogP contribution >= 0.6 is 0 Å². The molecule has 0 bridgehead atoms. The molecule has 3 atom stereocenters. The summed E-state index contributed by atoms with van der Waals surface area (Å²) < 4.78 is 17.4. The van der Waals surface area contributed by atoms with Crippen molar-refractivity contribution in [3.8, 4) is 17.2 Å². The molecule has 2 N–H and O–H groups in total. The van der Waals surface area contributed by atoms with E-state index in [4.69, 9.17) is 14.2 Å². The molecule has 3 unspecified atom stereocenters. The number of para-hydroxylation sites is 3. The first kappa shape index (κ1) is 16.7. The highest BCUT2D eigenvalue weighted by Crippen LogP contribution is 2.34.